The van der Waals surface area contributed by atoms with E-state index < -0.39 is 0 Å². The number of allylic oxidation sites excluding steroid dienone is 2. The third kappa shape index (κ3) is 3.10. The smallest absolute Gasteiger partial charge is 0.156 e. The molecule has 3 aliphatic rings. The van der Waals surface area contributed by atoms with Crippen molar-refractivity contribution in [2.75, 3.05) is 20.1 Å². The summed E-state index contributed by atoms with van der Waals surface area (Å²) in [5, 5.41) is 0. The summed E-state index contributed by atoms with van der Waals surface area (Å²) >= 11 is 0. The molecule has 0 aromatic carbocycles. The van der Waals surface area contributed by atoms with E-state index in [4.69, 9.17) is 9.97 Å². The summed E-state index contributed by atoms with van der Waals surface area (Å²) in [5.41, 5.74) is 6.13. The molecule has 1 aliphatic heterocycles. The topological polar surface area (TPSA) is 50.5 Å². The Morgan fingerprint density at radius 3 is 2.54 bits per heavy atom. The fourth-order valence-electron chi connectivity index (χ4n) is 5.45. The molecule has 0 unspecified atom stereocenters. The highest BCUT2D eigenvalue weighted by atomic mass is 16.1. The Morgan fingerprint density at radius 1 is 1.07 bits per heavy atom. The second-order valence-corrected chi connectivity index (χ2v) is 9.05. The Labute approximate surface area is 166 Å². The van der Waals surface area contributed by atoms with Crippen molar-refractivity contribution in [2.24, 2.45) is 11.8 Å². The van der Waals surface area contributed by atoms with Crippen LogP contribution >= 0.6 is 0 Å². The molecule has 0 amide bonds. The summed E-state index contributed by atoms with van der Waals surface area (Å²) in [7, 11) is 2.20. The first-order valence-electron chi connectivity index (χ1n) is 10.9. The summed E-state index contributed by atoms with van der Waals surface area (Å²) < 4.78 is 2.31. The average molecular weight is 379 g/mol. The number of hydrogen-bond acceptors (Lipinski definition) is 4. The highest BCUT2D eigenvalue weighted by Crippen LogP contribution is 2.41. The normalized spacial score (nSPS) is 26.4. The first kappa shape index (κ1) is 18.0. The fraction of sp³-hybridized carbons (Fsp3) is 0.609. The number of carbonyl (C=O) groups is 1. The van der Waals surface area contributed by atoms with Crippen LogP contribution < -0.4 is 0 Å². The molecule has 5 heteroatoms. The van der Waals surface area contributed by atoms with Crippen LogP contribution in [-0.2, 0) is 11.2 Å². The molecule has 1 saturated carbocycles. The van der Waals surface area contributed by atoms with Gasteiger partial charge in [0.25, 0.3) is 0 Å². The first-order chi connectivity index (χ1) is 13.6. The standard InChI is InChI=1S/C23H30N4O/c1-15(28)16-3-5-17(6-4-16)19-7-8-20-23(19)27-14-21(25-22(27)13-24-20)18-9-11-26(2)12-10-18/h7,13-14,16-18H,3-6,8-12H2,1-2H3. The fourth-order valence-corrected chi connectivity index (χ4v) is 5.45. The predicted octanol–water partition coefficient (Wildman–Crippen LogP) is 3.87. The van der Waals surface area contributed by atoms with E-state index in [1.54, 1.807) is 6.92 Å². The number of fused-ring (bicyclic) bond motifs is 3. The van der Waals surface area contributed by atoms with E-state index in [-0.39, 0.29) is 5.92 Å². The number of aromatic nitrogens is 3. The van der Waals surface area contributed by atoms with Gasteiger partial charge < -0.3 is 4.90 Å². The van der Waals surface area contributed by atoms with Crippen molar-refractivity contribution in [3.8, 4) is 0 Å². The molecule has 3 heterocycles. The Bertz CT molecular complexity index is 927. The van der Waals surface area contributed by atoms with E-state index >= 15 is 0 Å². The second-order valence-electron chi connectivity index (χ2n) is 9.05. The Hall–Kier alpha value is -2.01. The monoisotopic (exact) mass is 378 g/mol. The number of hydrogen-bond donors (Lipinski definition) is 0. The number of rotatable bonds is 3. The lowest BCUT2D eigenvalue weighted by Crippen LogP contribution is -2.29. The van der Waals surface area contributed by atoms with Crippen LogP contribution in [0.3, 0.4) is 0 Å². The molecule has 0 N–H and O–H groups in total. The highest BCUT2D eigenvalue weighted by molar-refractivity contribution is 5.79. The predicted molar refractivity (Wildman–Crippen MR) is 110 cm³/mol. The molecule has 5 nitrogen and oxygen atoms in total. The molecule has 0 radical (unpaired) electrons. The van der Waals surface area contributed by atoms with Crippen LogP contribution in [0.15, 0.2) is 18.5 Å². The number of nitrogens with zero attached hydrogens (tertiary/aromatic N) is 4. The van der Waals surface area contributed by atoms with E-state index in [0.29, 0.717) is 17.6 Å². The van der Waals surface area contributed by atoms with Crippen molar-refractivity contribution in [1.29, 1.82) is 0 Å². The third-order valence-electron chi connectivity index (χ3n) is 7.27. The number of carbonyl (C=O) groups excluding carboxylic acids is 1. The minimum absolute atomic E-state index is 0.274. The van der Waals surface area contributed by atoms with Crippen molar-refractivity contribution in [3.05, 3.63) is 35.6 Å². The van der Waals surface area contributed by atoms with Gasteiger partial charge in [-0.3, -0.25) is 14.2 Å². The largest absolute Gasteiger partial charge is 0.306 e. The van der Waals surface area contributed by atoms with Crippen LogP contribution in [-0.4, -0.2) is 45.2 Å². The lowest BCUT2D eigenvalue weighted by atomic mass is 9.77. The van der Waals surface area contributed by atoms with Gasteiger partial charge in [0, 0.05) is 24.5 Å². The maximum atomic E-state index is 11.7. The van der Waals surface area contributed by atoms with Gasteiger partial charge in [0.15, 0.2) is 5.65 Å². The Kier molecular flexibility index (Phi) is 4.58. The summed E-state index contributed by atoms with van der Waals surface area (Å²) in [4.78, 5) is 23.9. The molecule has 0 spiro atoms. The number of likely N-dealkylation sites (tertiary alicyclic amines) is 1. The molecule has 28 heavy (non-hydrogen) atoms. The Morgan fingerprint density at radius 2 is 1.82 bits per heavy atom. The number of imidazole rings is 1. The lowest BCUT2D eigenvalue weighted by Gasteiger charge is -2.28. The molecular formula is C23H30N4O. The van der Waals surface area contributed by atoms with Crippen LogP contribution in [0.5, 0.6) is 0 Å². The van der Waals surface area contributed by atoms with Crippen molar-refractivity contribution in [1.82, 2.24) is 19.3 Å². The van der Waals surface area contributed by atoms with E-state index in [9.17, 15) is 4.79 Å². The van der Waals surface area contributed by atoms with Crippen LogP contribution in [0.4, 0.5) is 0 Å². The molecule has 2 aliphatic carbocycles. The SMILES string of the molecule is CC(=O)C1CCC(C2=CCc3ncc4nc(C5CCN(C)CC5)cn4c32)CC1. The van der Waals surface area contributed by atoms with Crippen molar-refractivity contribution < 1.29 is 4.79 Å². The van der Waals surface area contributed by atoms with E-state index in [1.807, 2.05) is 6.20 Å². The molecule has 0 atom stereocenters. The minimum atomic E-state index is 0.274. The van der Waals surface area contributed by atoms with Gasteiger partial charge in [-0.1, -0.05) is 6.08 Å². The van der Waals surface area contributed by atoms with E-state index in [2.05, 4.69) is 28.6 Å². The zero-order valence-electron chi connectivity index (χ0n) is 17.0. The summed E-state index contributed by atoms with van der Waals surface area (Å²) in [5.74, 6) is 1.75. The average Bonchev–Trinajstić information content (AvgIpc) is 3.32. The number of Topliss-reactive ketones (excluding diaryl/α,β-unsaturated/α-hetero) is 1. The highest BCUT2D eigenvalue weighted by Gasteiger charge is 2.31. The Balaban J connectivity index is 1.43. The van der Waals surface area contributed by atoms with Gasteiger partial charge in [0.05, 0.1) is 23.3 Å². The van der Waals surface area contributed by atoms with Gasteiger partial charge in [-0.15, -0.1) is 0 Å². The van der Waals surface area contributed by atoms with Gasteiger partial charge in [-0.05, 0) is 77.1 Å². The quantitative estimate of drug-likeness (QED) is 0.813. The van der Waals surface area contributed by atoms with Crippen LogP contribution in [0, 0.1) is 11.8 Å². The molecule has 148 valence electrons. The minimum Gasteiger partial charge on any atom is -0.306 e. The van der Waals surface area contributed by atoms with Crippen molar-refractivity contribution in [3.63, 3.8) is 0 Å². The summed E-state index contributed by atoms with van der Waals surface area (Å²) in [6.07, 6.45) is 14.2. The molecule has 0 bridgehead atoms. The van der Waals surface area contributed by atoms with Crippen LogP contribution in [0.25, 0.3) is 11.2 Å². The van der Waals surface area contributed by atoms with Gasteiger partial charge >= 0.3 is 0 Å². The molecule has 1 saturated heterocycles. The summed E-state index contributed by atoms with van der Waals surface area (Å²) in [6.45, 7) is 4.05. The first-order valence-corrected chi connectivity index (χ1v) is 10.9. The molecule has 2 fully saturated rings. The van der Waals surface area contributed by atoms with E-state index in [0.717, 1.165) is 50.8 Å². The van der Waals surface area contributed by atoms with Crippen molar-refractivity contribution >= 4 is 17.0 Å². The van der Waals surface area contributed by atoms with Gasteiger partial charge in [-0.25, -0.2) is 4.98 Å². The van der Waals surface area contributed by atoms with Gasteiger partial charge in [-0.2, -0.15) is 0 Å². The zero-order valence-corrected chi connectivity index (χ0v) is 17.0. The zero-order chi connectivity index (χ0) is 19.3. The summed E-state index contributed by atoms with van der Waals surface area (Å²) in [6, 6.07) is 0. The molecule has 5 rings (SSSR count). The molecular weight excluding hydrogens is 348 g/mol. The molecule has 2 aromatic heterocycles. The number of ketones is 1. The van der Waals surface area contributed by atoms with Gasteiger partial charge in [0.2, 0.25) is 0 Å². The number of piperidine rings is 1. The van der Waals surface area contributed by atoms with E-state index in [1.165, 1.54) is 35.5 Å². The van der Waals surface area contributed by atoms with Crippen molar-refractivity contribution in [2.45, 2.75) is 57.8 Å². The van der Waals surface area contributed by atoms with Crippen LogP contribution in [0.1, 0.15) is 68.4 Å². The third-order valence-corrected chi connectivity index (χ3v) is 7.27. The van der Waals surface area contributed by atoms with Gasteiger partial charge in [0.1, 0.15) is 5.78 Å². The second kappa shape index (κ2) is 7.11. The maximum Gasteiger partial charge on any atom is 0.156 e. The lowest BCUT2D eigenvalue weighted by molar-refractivity contribution is -0.121. The molecule has 2 aromatic rings. The maximum absolute atomic E-state index is 11.7. The van der Waals surface area contributed by atoms with Crippen LogP contribution in [0.2, 0.25) is 0 Å².